The third-order valence-corrected chi connectivity index (χ3v) is 2.82. The molecular formula is C10H8N2O4S. The number of benzene rings is 1. The molecule has 1 heterocycles. The normalized spacial score (nSPS) is 10.2. The molecular weight excluding hydrogens is 244 g/mol. The van der Waals surface area contributed by atoms with Gasteiger partial charge in [0.2, 0.25) is 0 Å². The van der Waals surface area contributed by atoms with Gasteiger partial charge < -0.3 is 9.84 Å². The average Bonchev–Trinajstić information content (AvgIpc) is 2.78. The summed E-state index contributed by atoms with van der Waals surface area (Å²) in [5, 5.41) is 19.7. The lowest BCUT2D eigenvalue weighted by Crippen LogP contribution is -1.90. The van der Waals surface area contributed by atoms with Crippen molar-refractivity contribution in [3.8, 4) is 10.9 Å². The van der Waals surface area contributed by atoms with Gasteiger partial charge in [0.1, 0.15) is 11.9 Å². The van der Waals surface area contributed by atoms with E-state index in [-0.39, 0.29) is 16.8 Å². The number of aliphatic hydroxyl groups excluding tert-OH is 1. The molecule has 2 aromatic rings. The van der Waals surface area contributed by atoms with E-state index >= 15 is 0 Å². The lowest BCUT2D eigenvalue weighted by atomic mass is 10.2. The zero-order valence-electron chi connectivity index (χ0n) is 8.57. The number of ether oxygens (including phenoxy) is 1. The van der Waals surface area contributed by atoms with E-state index < -0.39 is 4.92 Å². The molecule has 2 rings (SSSR count). The predicted molar refractivity (Wildman–Crippen MR) is 61.2 cm³/mol. The van der Waals surface area contributed by atoms with Crippen molar-refractivity contribution in [2.75, 3.05) is 0 Å². The van der Waals surface area contributed by atoms with E-state index in [2.05, 4.69) is 4.98 Å². The fraction of sp³-hybridized carbons (Fsp3) is 0.100. The largest absolute Gasteiger partial charge is 0.430 e. The number of aliphatic hydroxyl groups is 1. The Labute approximate surface area is 100 Å². The van der Waals surface area contributed by atoms with Gasteiger partial charge in [-0.2, -0.15) is 0 Å². The predicted octanol–water partition coefficient (Wildman–Crippen LogP) is 2.34. The van der Waals surface area contributed by atoms with Crippen molar-refractivity contribution < 1.29 is 14.8 Å². The second-order valence-corrected chi connectivity index (χ2v) is 4.06. The first-order chi connectivity index (χ1) is 8.20. The van der Waals surface area contributed by atoms with Crippen molar-refractivity contribution in [1.82, 2.24) is 4.98 Å². The number of para-hydroxylation sites is 1. The molecule has 0 amide bonds. The lowest BCUT2D eigenvalue weighted by Gasteiger charge is -2.05. The molecule has 0 saturated carbocycles. The second-order valence-electron chi connectivity index (χ2n) is 3.09. The van der Waals surface area contributed by atoms with Crippen molar-refractivity contribution in [2.45, 2.75) is 6.61 Å². The average molecular weight is 252 g/mol. The summed E-state index contributed by atoms with van der Waals surface area (Å²) in [6.45, 7) is -0.163. The standard InChI is InChI=1S/C10H8N2O4S/c13-6-7-3-1-2-4-8(7)16-10-11-5-9(17-10)12(14)15/h1-5,13H,6H2. The molecule has 0 radical (unpaired) electrons. The molecule has 0 aliphatic rings. The topological polar surface area (TPSA) is 85.5 Å². The Kier molecular flexibility index (Phi) is 3.31. The molecule has 0 atom stereocenters. The molecule has 0 saturated heterocycles. The summed E-state index contributed by atoms with van der Waals surface area (Å²) in [6, 6.07) is 6.88. The number of rotatable bonds is 4. The smallest absolute Gasteiger partial charge is 0.347 e. The van der Waals surface area contributed by atoms with Crippen LogP contribution < -0.4 is 4.74 Å². The Hall–Kier alpha value is -1.99. The van der Waals surface area contributed by atoms with Crippen LogP contribution in [0.15, 0.2) is 30.5 Å². The highest BCUT2D eigenvalue weighted by molar-refractivity contribution is 7.16. The van der Waals surface area contributed by atoms with Gasteiger partial charge in [-0.05, 0) is 17.4 Å². The molecule has 88 valence electrons. The molecule has 1 aromatic heterocycles. The molecule has 0 aliphatic carbocycles. The van der Waals surface area contributed by atoms with Crippen LogP contribution in [0.1, 0.15) is 5.56 Å². The maximum absolute atomic E-state index is 10.5. The van der Waals surface area contributed by atoms with Crippen LogP contribution in [0.5, 0.6) is 10.9 Å². The molecule has 0 unspecified atom stereocenters. The summed E-state index contributed by atoms with van der Waals surface area (Å²) in [5.74, 6) is 0.444. The van der Waals surface area contributed by atoms with Gasteiger partial charge in [0.15, 0.2) is 0 Å². The van der Waals surface area contributed by atoms with Gasteiger partial charge in [0, 0.05) is 5.56 Å². The Morgan fingerprint density at radius 1 is 1.47 bits per heavy atom. The van der Waals surface area contributed by atoms with E-state index in [0.717, 1.165) is 17.5 Å². The number of hydrogen-bond acceptors (Lipinski definition) is 6. The first-order valence-corrected chi connectivity index (χ1v) is 5.49. The van der Waals surface area contributed by atoms with Crippen LogP contribution in [-0.4, -0.2) is 15.0 Å². The van der Waals surface area contributed by atoms with E-state index in [4.69, 9.17) is 9.84 Å². The zero-order valence-corrected chi connectivity index (χ0v) is 9.38. The van der Waals surface area contributed by atoms with Gasteiger partial charge >= 0.3 is 5.00 Å². The Bertz CT molecular complexity index is 541. The van der Waals surface area contributed by atoms with Crippen LogP contribution in [0.2, 0.25) is 0 Å². The number of aromatic nitrogens is 1. The highest BCUT2D eigenvalue weighted by atomic mass is 32.1. The molecule has 1 N–H and O–H groups in total. The quantitative estimate of drug-likeness (QED) is 0.666. The fourth-order valence-corrected chi connectivity index (χ4v) is 1.81. The molecule has 6 nitrogen and oxygen atoms in total. The third-order valence-electron chi connectivity index (χ3n) is 1.99. The molecule has 0 bridgehead atoms. The fourth-order valence-electron chi connectivity index (χ4n) is 1.21. The van der Waals surface area contributed by atoms with Gasteiger partial charge in [-0.15, -0.1) is 0 Å². The number of thiazole rings is 1. The van der Waals surface area contributed by atoms with Crippen LogP contribution in [0.25, 0.3) is 0 Å². The van der Waals surface area contributed by atoms with Crippen molar-refractivity contribution >= 4 is 16.3 Å². The summed E-state index contributed by atoms with van der Waals surface area (Å²) in [5.41, 5.74) is 0.602. The Morgan fingerprint density at radius 2 is 2.24 bits per heavy atom. The maximum Gasteiger partial charge on any atom is 0.347 e. The van der Waals surface area contributed by atoms with Crippen molar-refractivity contribution in [3.05, 3.63) is 46.1 Å². The highest BCUT2D eigenvalue weighted by Gasteiger charge is 2.13. The first kappa shape index (κ1) is 11.5. The maximum atomic E-state index is 10.5. The van der Waals surface area contributed by atoms with Crippen LogP contribution in [-0.2, 0) is 6.61 Å². The Morgan fingerprint density at radius 3 is 2.88 bits per heavy atom. The molecule has 17 heavy (non-hydrogen) atoms. The summed E-state index contributed by atoms with van der Waals surface area (Å²) in [7, 11) is 0. The van der Waals surface area contributed by atoms with E-state index in [9.17, 15) is 10.1 Å². The van der Waals surface area contributed by atoms with Crippen LogP contribution >= 0.6 is 11.3 Å². The van der Waals surface area contributed by atoms with E-state index in [1.165, 1.54) is 0 Å². The second kappa shape index (κ2) is 4.89. The van der Waals surface area contributed by atoms with E-state index in [0.29, 0.717) is 11.3 Å². The molecule has 7 heteroatoms. The summed E-state index contributed by atoms with van der Waals surface area (Å²) < 4.78 is 5.37. The lowest BCUT2D eigenvalue weighted by molar-refractivity contribution is -0.380. The molecule has 0 spiro atoms. The molecule has 0 fully saturated rings. The van der Waals surface area contributed by atoms with Gasteiger partial charge in [-0.1, -0.05) is 18.2 Å². The van der Waals surface area contributed by atoms with Crippen LogP contribution in [0, 0.1) is 10.1 Å². The SMILES string of the molecule is O=[N+]([O-])c1cnc(Oc2ccccc2CO)s1. The van der Waals surface area contributed by atoms with E-state index in [1.807, 2.05) is 0 Å². The van der Waals surface area contributed by atoms with Crippen LogP contribution in [0.4, 0.5) is 5.00 Å². The first-order valence-electron chi connectivity index (χ1n) is 4.67. The number of nitrogens with zero attached hydrogens (tertiary/aromatic N) is 2. The Balaban J connectivity index is 2.22. The number of hydrogen-bond donors (Lipinski definition) is 1. The highest BCUT2D eigenvalue weighted by Crippen LogP contribution is 2.32. The zero-order chi connectivity index (χ0) is 12.3. The van der Waals surface area contributed by atoms with Crippen molar-refractivity contribution in [2.24, 2.45) is 0 Å². The molecule has 1 aromatic carbocycles. The van der Waals surface area contributed by atoms with Crippen LogP contribution in [0.3, 0.4) is 0 Å². The monoisotopic (exact) mass is 252 g/mol. The summed E-state index contributed by atoms with van der Waals surface area (Å²) in [6.07, 6.45) is 1.14. The van der Waals surface area contributed by atoms with Gasteiger partial charge in [-0.25, -0.2) is 4.98 Å². The summed E-state index contributed by atoms with van der Waals surface area (Å²) in [4.78, 5) is 13.7. The van der Waals surface area contributed by atoms with Gasteiger partial charge in [-0.3, -0.25) is 10.1 Å². The minimum absolute atomic E-state index is 0.0820. The van der Waals surface area contributed by atoms with Gasteiger partial charge in [0.05, 0.1) is 11.5 Å². The number of nitro groups is 1. The van der Waals surface area contributed by atoms with Crippen molar-refractivity contribution in [1.29, 1.82) is 0 Å². The van der Waals surface area contributed by atoms with E-state index in [1.54, 1.807) is 24.3 Å². The summed E-state index contributed by atoms with van der Waals surface area (Å²) >= 11 is 0.841. The minimum atomic E-state index is -0.525. The third kappa shape index (κ3) is 2.58. The van der Waals surface area contributed by atoms with Gasteiger partial charge in [0.25, 0.3) is 5.19 Å². The molecule has 0 aliphatic heterocycles. The minimum Gasteiger partial charge on any atom is -0.430 e. The van der Waals surface area contributed by atoms with Crippen molar-refractivity contribution in [3.63, 3.8) is 0 Å².